The Morgan fingerprint density at radius 1 is 1.09 bits per heavy atom. The molecule has 172 valence electrons. The first-order valence-corrected chi connectivity index (χ1v) is 11.1. The second kappa shape index (κ2) is 8.11. The quantitative estimate of drug-likeness (QED) is 0.464. The molecule has 1 amide bonds. The average molecular weight is 450 g/mol. The third-order valence-electron chi connectivity index (χ3n) is 6.54. The Hall–Kier alpha value is -3.53. The van der Waals surface area contributed by atoms with E-state index in [-0.39, 0.29) is 11.5 Å². The van der Waals surface area contributed by atoms with Crippen LogP contribution in [0.2, 0.25) is 0 Å². The maximum Gasteiger partial charge on any atom is 0.262 e. The van der Waals surface area contributed by atoms with Crippen LogP contribution in [-0.4, -0.2) is 66.2 Å². The molecule has 0 bridgehead atoms. The summed E-state index contributed by atoms with van der Waals surface area (Å²) in [4.78, 5) is 29.7. The number of benzene rings is 1. The van der Waals surface area contributed by atoms with Gasteiger partial charge in [-0.1, -0.05) is 16.8 Å². The van der Waals surface area contributed by atoms with Crippen LogP contribution < -0.4 is 5.56 Å². The number of aryl methyl sites for hydroxylation is 4. The zero-order valence-electron chi connectivity index (χ0n) is 19.3. The number of amides is 1. The van der Waals surface area contributed by atoms with E-state index in [0.717, 1.165) is 41.3 Å². The lowest BCUT2D eigenvalue weighted by Gasteiger charge is -2.34. The number of hydrogen-bond donors (Lipinski definition) is 0. The second-order valence-electron chi connectivity index (χ2n) is 8.77. The second-order valence-corrected chi connectivity index (χ2v) is 8.77. The van der Waals surface area contributed by atoms with Gasteiger partial charge in [0.15, 0.2) is 5.82 Å². The van der Waals surface area contributed by atoms with Crippen LogP contribution in [0.4, 0.5) is 0 Å². The molecule has 10 heteroatoms. The van der Waals surface area contributed by atoms with Gasteiger partial charge in [-0.3, -0.25) is 23.5 Å². The SMILES string of the molecule is Cc1ccc2c(c1)c(=O)n(C)c1nnc(CN3CCN(C(=O)Cc4c(C)noc4C)CC3)n21. The van der Waals surface area contributed by atoms with Crippen molar-refractivity contribution in [1.82, 2.24) is 34.1 Å². The van der Waals surface area contributed by atoms with Gasteiger partial charge in [0, 0.05) is 38.8 Å². The van der Waals surface area contributed by atoms with Crippen LogP contribution in [-0.2, 0) is 24.8 Å². The minimum atomic E-state index is -0.0782. The lowest BCUT2D eigenvalue weighted by molar-refractivity contribution is -0.132. The van der Waals surface area contributed by atoms with Crippen LogP contribution in [0.3, 0.4) is 0 Å². The Morgan fingerprint density at radius 2 is 1.85 bits per heavy atom. The van der Waals surface area contributed by atoms with Crippen LogP contribution in [0, 0.1) is 20.8 Å². The van der Waals surface area contributed by atoms with Gasteiger partial charge in [0.1, 0.15) is 5.76 Å². The molecule has 1 saturated heterocycles. The molecular formula is C23H27N7O3. The summed E-state index contributed by atoms with van der Waals surface area (Å²) in [6.45, 7) is 9.05. The summed E-state index contributed by atoms with van der Waals surface area (Å²) in [5.41, 5.74) is 3.42. The highest BCUT2D eigenvalue weighted by atomic mass is 16.5. The molecule has 1 fully saturated rings. The summed E-state index contributed by atoms with van der Waals surface area (Å²) in [5, 5.41) is 13.3. The highest BCUT2D eigenvalue weighted by Crippen LogP contribution is 2.18. The number of hydrogen-bond acceptors (Lipinski definition) is 7. The third kappa shape index (κ3) is 3.70. The van der Waals surface area contributed by atoms with Crippen molar-refractivity contribution in [2.75, 3.05) is 26.2 Å². The van der Waals surface area contributed by atoms with E-state index in [1.165, 1.54) is 0 Å². The Labute approximate surface area is 190 Å². The van der Waals surface area contributed by atoms with E-state index in [1.807, 2.05) is 48.3 Å². The molecule has 0 aliphatic carbocycles. The summed E-state index contributed by atoms with van der Waals surface area (Å²) in [7, 11) is 1.72. The fraction of sp³-hybridized carbons (Fsp3) is 0.435. The number of carbonyl (C=O) groups excluding carboxylic acids is 1. The highest BCUT2D eigenvalue weighted by Gasteiger charge is 2.25. The molecule has 4 heterocycles. The van der Waals surface area contributed by atoms with E-state index in [1.54, 1.807) is 11.6 Å². The topological polar surface area (TPSA) is 102 Å². The maximum atomic E-state index is 12.8. The van der Waals surface area contributed by atoms with Gasteiger partial charge in [-0.15, -0.1) is 10.2 Å². The molecule has 0 radical (unpaired) electrons. The average Bonchev–Trinajstić information content (AvgIpc) is 3.36. The highest BCUT2D eigenvalue weighted by molar-refractivity contribution is 5.81. The number of fused-ring (bicyclic) bond motifs is 3. The molecule has 1 aromatic carbocycles. The van der Waals surface area contributed by atoms with E-state index in [2.05, 4.69) is 20.3 Å². The van der Waals surface area contributed by atoms with E-state index in [0.29, 0.717) is 43.0 Å². The summed E-state index contributed by atoms with van der Waals surface area (Å²) >= 11 is 0. The standard InChI is InChI=1S/C23H27N7O3/c1-14-5-6-19-18(11-14)22(32)27(4)23-25-24-20(30(19)23)13-28-7-9-29(10-8-28)21(31)12-17-15(2)26-33-16(17)3/h5-6,11H,7-10,12-13H2,1-4H3. The molecule has 0 saturated carbocycles. The van der Waals surface area contributed by atoms with Gasteiger partial charge in [-0.05, 0) is 32.9 Å². The first-order valence-electron chi connectivity index (χ1n) is 11.1. The number of aromatic nitrogens is 5. The number of rotatable bonds is 4. The predicted octanol–water partition coefficient (Wildman–Crippen LogP) is 1.38. The number of piperazine rings is 1. The monoisotopic (exact) mass is 449 g/mol. The normalized spacial score (nSPS) is 15.1. The zero-order valence-corrected chi connectivity index (χ0v) is 19.3. The minimum Gasteiger partial charge on any atom is -0.361 e. The van der Waals surface area contributed by atoms with Gasteiger partial charge in [0.05, 0.1) is 29.6 Å². The molecule has 0 N–H and O–H groups in total. The van der Waals surface area contributed by atoms with Crippen molar-refractivity contribution in [3.05, 3.63) is 57.0 Å². The fourth-order valence-electron chi connectivity index (χ4n) is 4.53. The zero-order chi connectivity index (χ0) is 23.3. The van der Waals surface area contributed by atoms with Crippen LogP contribution in [0.1, 0.15) is 28.4 Å². The Morgan fingerprint density at radius 3 is 2.55 bits per heavy atom. The molecule has 4 aromatic rings. The first kappa shape index (κ1) is 21.3. The van der Waals surface area contributed by atoms with Gasteiger partial charge >= 0.3 is 0 Å². The molecule has 0 unspecified atom stereocenters. The fourth-order valence-corrected chi connectivity index (χ4v) is 4.53. The van der Waals surface area contributed by atoms with Crippen LogP contribution in [0.15, 0.2) is 27.5 Å². The van der Waals surface area contributed by atoms with Gasteiger partial charge in [0.25, 0.3) is 5.56 Å². The largest absolute Gasteiger partial charge is 0.361 e. The van der Waals surface area contributed by atoms with Gasteiger partial charge < -0.3 is 9.42 Å². The first-order chi connectivity index (χ1) is 15.8. The molecule has 5 rings (SSSR count). The Bertz CT molecular complexity index is 1400. The van der Waals surface area contributed by atoms with E-state index in [9.17, 15) is 9.59 Å². The molecule has 0 atom stereocenters. The van der Waals surface area contributed by atoms with Gasteiger partial charge in [0.2, 0.25) is 11.7 Å². The molecule has 10 nitrogen and oxygen atoms in total. The van der Waals surface area contributed by atoms with Crippen LogP contribution in [0.25, 0.3) is 16.7 Å². The van der Waals surface area contributed by atoms with E-state index in [4.69, 9.17) is 4.52 Å². The molecule has 33 heavy (non-hydrogen) atoms. The Kier molecular flexibility index (Phi) is 5.24. The summed E-state index contributed by atoms with van der Waals surface area (Å²) in [6, 6.07) is 5.86. The van der Waals surface area contributed by atoms with E-state index < -0.39 is 0 Å². The number of carbonyl (C=O) groups is 1. The minimum absolute atomic E-state index is 0.0782. The number of nitrogens with zero attached hydrogens (tertiary/aromatic N) is 7. The van der Waals surface area contributed by atoms with Crippen LogP contribution >= 0.6 is 0 Å². The molecule has 3 aromatic heterocycles. The van der Waals surface area contributed by atoms with Crippen molar-refractivity contribution in [3.8, 4) is 0 Å². The van der Waals surface area contributed by atoms with Crippen molar-refractivity contribution < 1.29 is 9.32 Å². The van der Waals surface area contributed by atoms with Crippen molar-refractivity contribution >= 4 is 22.6 Å². The van der Waals surface area contributed by atoms with Crippen molar-refractivity contribution in [2.24, 2.45) is 7.05 Å². The lowest BCUT2D eigenvalue weighted by Crippen LogP contribution is -2.49. The molecule has 1 aliphatic rings. The predicted molar refractivity (Wildman–Crippen MR) is 122 cm³/mol. The van der Waals surface area contributed by atoms with Gasteiger partial charge in [-0.25, -0.2) is 0 Å². The van der Waals surface area contributed by atoms with Gasteiger partial charge in [-0.2, -0.15) is 0 Å². The van der Waals surface area contributed by atoms with E-state index >= 15 is 0 Å². The maximum absolute atomic E-state index is 12.8. The Balaban J connectivity index is 1.33. The summed E-state index contributed by atoms with van der Waals surface area (Å²) in [5.74, 6) is 2.10. The lowest BCUT2D eigenvalue weighted by atomic mass is 10.1. The smallest absolute Gasteiger partial charge is 0.262 e. The van der Waals surface area contributed by atoms with Crippen LogP contribution in [0.5, 0.6) is 0 Å². The third-order valence-corrected chi connectivity index (χ3v) is 6.54. The summed E-state index contributed by atoms with van der Waals surface area (Å²) < 4.78 is 8.69. The molecular weight excluding hydrogens is 422 g/mol. The molecule has 1 aliphatic heterocycles. The van der Waals surface area contributed by atoms with Crippen molar-refractivity contribution in [1.29, 1.82) is 0 Å². The summed E-state index contributed by atoms with van der Waals surface area (Å²) in [6.07, 6.45) is 0.315. The van der Waals surface area contributed by atoms with Crippen molar-refractivity contribution in [3.63, 3.8) is 0 Å². The molecule has 0 spiro atoms. The van der Waals surface area contributed by atoms with Crippen molar-refractivity contribution in [2.45, 2.75) is 33.7 Å².